The molecule has 1 saturated heterocycles. The highest BCUT2D eigenvalue weighted by atomic mass is 16.5. The first-order chi connectivity index (χ1) is 7.15. The summed E-state index contributed by atoms with van der Waals surface area (Å²) in [5, 5.41) is 0. The van der Waals surface area contributed by atoms with Crippen molar-refractivity contribution in [3.63, 3.8) is 0 Å². The smallest absolute Gasteiger partial charge is 0.137 e. The molecule has 0 aromatic carbocycles. The molecule has 3 heteroatoms. The van der Waals surface area contributed by atoms with Crippen molar-refractivity contribution in [3.05, 3.63) is 0 Å². The quantitative estimate of drug-likeness (QED) is 0.754. The van der Waals surface area contributed by atoms with Crippen LogP contribution in [0.25, 0.3) is 0 Å². The zero-order valence-corrected chi connectivity index (χ0v) is 9.87. The maximum absolute atomic E-state index is 12.0. The Kier molecular flexibility index (Phi) is 5.26. The van der Waals surface area contributed by atoms with Crippen LogP contribution in [-0.2, 0) is 9.53 Å². The molecule has 1 aliphatic heterocycles. The van der Waals surface area contributed by atoms with E-state index in [0.29, 0.717) is 30.6 Å². The van der Waals surface area contributed by atoms with Gasteiger partial charge in [-0.3, -0.25) is 4.79 Å². The van der Waals surface area contributed by atoms with Gasteiger partial charge in [-0.15, -0.1) is 0 Å². The Morgan fingerprint density at radius 1 is 1.40 bits per heavy atom. The first-order valence-corrected chi connectivity index (χ1v) is 5.95. The van der Waals surface area contributed by atoms with Crippen LogP contribution in [0.2, 0.25) is 0 Å². The lowest BCUT2D eigenvalue weighted by Gasteiger charge is -2.24. The van der Waals surface area contributed by atoms with Gasteiger partial charge >= 0.3 is 0 Å². The van der Waals surface area contributed by atoms with E-state index in [1.54, 1.807) is 0 Å². The molecule has 1 aliphatic rings. The van der Waals surface area contributed by atoms with E-state index in [0.717, 1.165) is 26.1 Å². The van der Waals surface area contributed by atoms with Crippen LogP contribution < -0.4 is 5.73 Å². The molecule has 0 radical (unpaired) electrons. The summed E-state index contributed by atoms with van der Waals surface area (Å²) >= 11 is 0. The highest BCUT2D eigenvalue weighted by molar-refractivity contribution is 5.81. The van der Waals surface area contributed by atoms with Gasteiger partial charge in [-0.2, -0.15) is 0 Å². The van der Waals surface area contributed by atoms with E-state index in [9.17, 15) is 4.79 Å². The highest BCUT2D eigenvalue weighted by Crippen LogP contribution is 2.22. The fourth-order valence-corrected chi connectivity index (χ4v) is 2.16. The van der Waals surface area contributed by atoms with E-state index in [1.165, 1.54) is 0 Å². The van der Waals surface area contributed by atoms with Gasteiger partial charge in [0.15, 0.2) is 0 Å². The molecule has 3 nitrogen and oxygen atoms in total. The van der Waals surface area contributed by atoms with Crippen LogP contribution in [-0.4, -0.2) is 25.5 Å². The Morgan fingerprint density at radius 3 is 2.47 bits per heavy atom. The summed E-state index contributed by atoms with van der Waals surface area (Å²) in [6.45, 7) is 6.25. The van der Waals surface area contributed by atoms with Gasteiger partial charge < -0.3 is 10.5 Å². The number of rotatable bonds is 5. The van der Waals surface area contributed by atoms with Crippen molar-refractivity contribution in [1.82, 2.24) is 0 Å². The fourth-order valence-electron chi connectivity index (χ4n) is 2.16. The van der Waals surface area contributed by atoms with Crippen molar-refractivity contribution >= 4 is 5.78 Å². The minimum absolute atomic E-state index is 0.0489. The summed E-state index contributed by atoms with van der Waals surface area (Å²) in [5.41, 5.74) is 5.63. The van der Waals surface area contributed by atoms with Crippen molar-refractivity contribution < 1.29 is 9.53 Å². The molecule has 0 amide bonds. The van der Waals surface area contributed by atoms with E-state index < -0.39 is 0 Å². The Labute approximate surface area is 92.4 Å². The number of carbonyl (C=O) groups excluding carboxylic acids is 1. The van der Waals surface area contributed by atoms with Crippen LogP contribution in [0.15, 0.2) is 0 Å². The first kappa shape index (κ1) is 12.7. The number of hydrogen-bond acceptors (Lipinski definition) is 3. The molecule has 2 N–H and O–H groups in total. The second-order valence-corrected chi connectivity index (χ2v) is 4.81. The molecule has 0 aromatic rings. The lowest BCUT2D eigenvalue weighted by molar-refractivity contribution is -0.125. The molecule has 0 aromatic heterocycles. The highest BCUT2D eigenvalue weighted by Gasteiger charge is 2.24. The summed E-state index contributed by atoms with van der Waals surface area (Å²) in [7, 11) is 0. The van der Waals surface area contributed by atoms with Crippen molar-refractivity contribution in [2.75, 3.05) is 19.8 Å². The van der Waals surface area contributed by atoms with Crippen molar-refractivity contribution in [2.24, 2.45) is 23.5 Å². The zero-order chi connectivity index (χ0) is 11.3. The molecule has 0 aliphatic carbocycles. The second-order valence-electron chi connectivity index (χ2n) is 4.81. The zero-order valence-electron chi connectivity index (χ0n) is 9.87. The van der Waals surface area contributed by atoms with Crippen molar-refractivity contribution in [3.8, 4) is 0 Å². The Hall–Kier alpha value is -0.410. The number of carbonyl (C=O) groups is 1. The summed E-state index contributed by atoms with van der Waals surface area (Å²) < 4.78 is 5.28. The number of nitrogens with two attached hydrogens (primary N) is 1. The van der Waals surface area contributed by atoms with E-state index in [-0.39, 0.29) is 5.92 Å². The molecule has 0 spiro atoms. The maximum Gasteiger partial charge on any atom is 0.137 e. The normalized spacial score (nSPS) is 20.5. The molecule has 1 rings (SSSR count). The summed E-state index contributed by atoms with van der Waals surface area (Å²) in [5.74, 6) is 1.29. The minimum Gasteiger partial charge on any atom is -0.381 e. The lowest BCUT2D eigenvalue weighted by atomic mass is 9.84. The SMILES string of the molecule is CC(C)C(CN)C(=O)CC1CCOCC1. The molecule has 15 heavy (non-hydrogen) atoms. The number of hydrogen-bond donors (Lipinski definition) is 1. The molecule has 0 bridgehead atoms. The predicted octanol–water partition coefficient (Wildman–Crippen LogP) is 1.60. The molecule has 1 fully saturated rings. The van der Waals surface area contributed by atoms with E-state index in [2.05, 4.69) is 13.8 Å². The van der Waals surface area contributed by atoms with Crippen molar-refractivity contribution in [1.29, 1.82) is 0 Å². The number of ketones is 1. The number of Topliss-reactive ketones (excluding diaryl/α,β-unsaturated/α-hetero) is 1. The molecular formula is C12H23NO2. The third-order valence-corrected chi connectivity index (χ3v) is 3.30. The first-order valence-electron chi connectivity index (χ1n) is 5.95. The van der Waals surface area contributed by atoms with Crippen LogP contribution in [0.1, 0.15) is 33.1 Å². The Morgan fingerprint density at radius 2 is 2.00 bits per heavy atom. The molecule has 1 unspecified atom stereocenters. The number of ether oxygens (including phenoxy) is 1. The van der Waals surface area contributed by atoms with E-state index >= 15 is 0 Å². The summed E-state index contributed by atoms with van der Waals surface area (Å²) in [6, 6.07) is 0. The molecule has 1 heterocycles. The topological polar surface area (TPSA) is 52.3 Å². The van der Waals surface area contributed by atoms with Gasteiger partial charge in [0.2, 0.25) is 0 Å². The van der Waals surface area contributed by atoms with Gasteiger partial charge in [0.05, 0.1) is 0 Å². The minimum atomic E-state index is 0.0489. The van der Waals surface area contributed by atoms with Crippen LogP contribution >= 0.6 is 0 Å². The van der Waals surface area contributed by atoms with Crippen LogP contribution in [0.3, 0.4) is 0 Å². The summed E-state index contributed by atoms with van der Waals surface area (Å²) in [6.07, 6.45) is 2.76. The average molecular weight is 213 g/mol. The van der Waals surface area contributed by atoms with Gasteiger partial charge in [-0.05, 0) is 24.7 Å². The third kappa shape index (κ3) is 3.92. The van der Waals surface area contributed by atoms with Gasteiger partial charge in [0.1, 0.15) is 5.78 Å². The molecule has 0 saturated carbocycles. The lowest BCUT2D eigenvalue weighted by Crippen LogP contribution is -2.30. The largest absolute Gasteiger partial charge is 0.381 e. The maximum atomic E-state index is 12.0. The Balaban J connectivity index is 2.38. The van der Waals surface area contributed by atoms with Crippen LogP contribution in [0.4, 0.5) is 0 Å². The molecular weight excluding hydrogens is 190 g/mol. The Bertz CT molecular complexity index is 198. The van der Waals surface area contributed by atoms with Crippen molar-refractivity contribution in [2.45, 2.75) is 33.1 Å². The van der Waals surface area contributed by atoms with Gasteiger partial charge in [-0.25, -0.2) is 0 Å². The van der Waals surface area contributed by atoms with Gasteiger partial charge in [0.25, 0.3) is 0 Å². The van der Waals surface area contributed by atoms with Gasteiger partial charge in [-0.1, -0.05) is 13.8 Å². The standard InChI is InChI=1S/C12H23NO2/c1-9(2)11(8-13)12(14)7-10-3-5-15-6-4-10/h9-11H,3-8,13H2,1-2H3. The predicted molar refractivity (Wildman–Crippen MR) is 60.5 cm³/mol. The molecule has 1 atom stereocenters. The van der Waals surface area contributed by atoms with Crippen LogP contribution in [0.5, 0.6) is 0 Å². The molecule has 88 valence electrons. The second kappa shape index (κ2) is 6.23. The summed E-state index contributed by atoms with van der Waals surface area (Å²) in [4.78, 5) is 12.0. The van der Waals surface area contributed by atoms with Crippen LogP contribution in [0, 0.1) is 17.8 Å². The fraction of sp³-hybridized carbons (Fsp3) is 0.917. The van der Waals surface area contributed by atoms with E-state index in [1.807, 2.05) is 0 Å². The monoisotopic (exact) mass is 213 g/mol. The third-order valence-electron chi connectivity index (χ3n) is 3.30. The average Bonchev–Trinajstić information content (AvgIpc) is 2.19. The van der Waals surface area contributed by atoms with E-state index in [4.69, 9.17) is 10.5 Å². The van der Waals surface area contributed by atoms with Gasteiger partial charge in [0, 0.05) is 32.1 Å².